The summed E-state index contributed by atoms with van der Waals surface area (Å²) < 4.78 is 12.4. The Kier molecular flexibility index (Phi) is 3.75. The predicted octanol–water partition coefficient (Wildman–Crippen LogP) is 2.45. The van der Waals surface area contributed by atoms with Gasteiger partial charge in [0, 0.05) is 18.8 Å². The first-order valence-electron chi connectivity index (χ1n) is 9.19. The van der Waals surface area contributed by atoms with E-state index in [0.717, 1.165) is 17.9 Å². The van der Waals surface area contributed by atoms with Gasteiger partial charge >= 0.3 is 7.12 Å². The fraction of sp³-hybridized carbons (Fsp3) is 0.684. The van der Waals surface area contributed by atoms with E-state index in [2.05, 4.69) is 63.2 Å². The summed E-state index contributed by atoms with van der Waals surface area (Å²) in [5.74, 6) is 1.41. The van der Waals surface area contributed by atoms with Crippen LogP contribution in [0.1, 0.15) is 45.6 Å². The van der Waals surface area contributed by atoms with Crippen LogP contribution in [-0.2, 0) is 9.31 Å². The molecule has 2 saturated heterocycles. The maximum atomic E-state index is 6.21. The molecule has 1 aromatic carbocycles. The van der Waals surface area contributed by atoms with Crippen molar-refractivity contribution in [1.29, 1.82) is 0 Å². The summed E-state index contributed by atoms with van der Waals surface area (Å²) in [4.78, 5) is 2.45. The smallest absolute Gasteiger partial charge is 0.399 e. The molecule has 2 fully saturated rings. The number of piperidine rings is 1. The van der Waals surface area contributed by atoms with Gasteiger partial charge in [0.25, 0.3) is 0 Å². The summed E-state index contributed by atoms with van der Waals surface area (Å²) in [5, 5.41) is 3.65. The fourth-order valence-corrected chi connectivity index (χ4v) is 4.25. The average Bonchev–Trinajstić information content (AvgIpc) is 2.74. The lowest BCUT2D eigenvalue weighted by Gasteiger charge is -2.41. The highest BCUT2D eigenvalue weighted by atomic mass is 16.7. The molecule has 0 bridgehead atoms. The number of rotatable bonds is 1. The van der Waals surface area contributed by atoms with Gasteiger partial charge in [0.15, 0.2) is 0 Å². The third-order valence-corrected chi connectivity index (χ3v) is 6.49. The highest BCUT2D eigenvalue weighted by Gasteiger charge is 2.51. The van der Waals surface area contributed by atoms with Crippen molar-refractivity contribution in [2.24, 2.45) is 5.92 Å². The van der Waals surface area contributed by atoms with E-state index in [9.17, 15) is 0 Å². The Morgan fingerprint density at radius 2 is 1.88 bits per heavy atom. The van der Waals surface area contributed by atoms with E-state index >= 15 is 0 Å². The maximum Gasteiger partial charge on any atom is 0.494 e. The predicted molar refractivity (Wildman–Crippen MR) is 99.0 cm³/mol. The van der Waals surface area contributed by atoms with Gasteiger partial charge in [-0.15, -0.1) is 0 Å². The molecule has 2 unspecified atom stereocenters. The Labute approximate surface area is 146 Å². The zero-order valence-corrected chi connectivity index (χ0v) is 15.6. The average molecular weight is 328 g/mol. The summed E-state index contributed by atoms with van der Waals surface area (Å²) in [6, 6.07) is 6.74. The van der Waals surface area contributed by atoms with Crippen molar-refractivity contribution in [2.45, 2.75) is 51.2 Å². The Balaban J connectivity index is 1.59. The largest absolute Gasteiger partial charge is 0.494 e. The van der Waals surface area contributed by atoms with Crippen LogP contribution in [0.15, 0.2) is 18.2 Å². The summed E-state index contributed by atoms with van der Waals surface area (Å²) in [6.07, 6.45) is 1.26. The zero-order chi connectivity index (χ0) is 17.1. The van der Waals surface area contributed by atoms with Gasteiger partial charge in [-0.05, 0) is 76.6 Å². The molecular weight excluding hydrogens is 299 g/mol. The molecule has 0 amide bonds. The number of hydrogen-bond donors (Lipinski definition) is 1. The minimum atomic E-state index is -0.292. The number of nitrogens with zero attached hydrogens (tertiary/aromatic N) is 1. The first-order valence-corrected chi connectivity index (χ1v) is 9.19. The maximum absolute atomic E-state index is 6.21. The van der Waals surface area contributed by atoms with Crippen LogP contribution in [0.4, 0.5) is 5.69 Å². The molecule has 0 saturated carbocycles. The monoisotopic (exact) mass is 328 g/mol. The van der Waals surface area contributed by atoms with Gasteiger partial charge in [0.05, 0.1) is 11.2 Å². The summed E-state index contributed by atoms with van der Waals surface area (Å²) in [7, 11) is 1.95. The van der Waals surface area contributed by atoms with Gasteiger partial charge in [-0.25, -0.2) is 0 Å². The number of benzene rings is 1. The van der Waals surface area contributed by atoms with Crippen LogP contribution >= 0.6 is 0 Å². The Morgan fingerprint density at radius 3 is 2.58 bits per heavy atom. The lowest BCUT2D eigenvalue weighted by molar-refractivity contribution is 0.00578. The van der Waals surface area contributed by atoms with Crippen molar-refractivity contribution in [3.8, 4) is 0 Å². The first kappa shape index (κ1) is 16.4. The van der Waals surface area contributed by atoms with Crippen LogP contribution in [0.2, 0.25) is 0 Å². The number of anilines is 1. The molecule has 0 aliphatic carbocycles. The second-order valence-corrected chi connectivity index (χ2v) is 8.73. The van der Waals surface area contributed by atoms with Crippen LogP contribution in [0.3, 0.4) is 0 Å². The van der Waals surface area contributed by atoms with E-state index in [1.165, 1.54) is 30.8 Å². The van der Waals surface area contributed by atoms with Gasteiger partial charge in [-0.3, -0.25) is 0 Å². The topological polar surface area (TPSA) is 33.7 Å². The molecule has 1 N–H and O–H groups in total. The van der Waals surface area contributed by atoms with Gasteiger partial charge in [-0.2, -0.15) is 0 Å². The van der Waals surface area contributed by atoms with Gasteiger partial charge < -0.3 is 19.5 Å². The van der Waals surface area contributed by atoms with E-state index in [4.69, 9.17) is 9.31 Å². The highest BCUT2D eigenvalue weighted by Crippen LogP contribution is 2.41. The van der Waals surface area contributed by atoms with Gasteiger partial charge in [-0.1, -0.05) is 12.1 Å². The molecule has 3 aliphatic rings. The Morgan fingerprint density at radius 1 is 1.17 bits per heavy atom. The Hall–Kier alpha value is -1.04. The summed E-state index contributed by atoms with van der Waals surface area (Å²) in [6.45, 7) is 11.9. The second-order valence-electron chi connectivity index (χ2n) is 8.73. The second kappa shape index (κ2) is 5.48. The van der Waals surface area contributed by atoms with E-state index in [-0.39, 0.29) is 18.3 Å². The van der Waals surface area contributed by atoms with E-state index in [0.29, 0.717) is 5.92 Å². The molecule has 2 atom stereocenters. The van der Waals surface area contributed by atoms with Crippen LogP contribution in [0, 0.1) is 5.92 Å². The Bertz CT molecular complexity index is 630. The first-order chi connectivity index (χ1) is 11.3. The summed E-state index contributed by atoms with van der Waals surface area (Å²) >= 11 is 0. The third kappa shape index (κ3) is 2.58. The van der Waals surface area contributed by atoms with Crippen molar-refractivity contribution in [3.63, 3.8) is 0 Å². The number of likely N-dealkylation sites (tertiary alicyclic amines) is 1. The SMILES string of the molecule is CN1CCC2c3ccc(B4OC(C)(C)C(C)(C)O4)cc3NCC2C1. The number of hydrogen-bond acceptors (Lipinski definition) is 4. The summed E-state index contributed by atoms with van der Waals surface area (Å²) in [5.41, 5.74) is 3.28. The minimum absolute atomic E-state index is 0.280. The number of fused-ring (bicyclic) bond motifs is 3. The van der Waals surface area contributed by atoms with Crippen molar-refractivity contribution in [1.82, 2.24) is 4.90 Å². The highest BCUT2D eigenvalue weighted by molar-refractivity contribution is 6.62. The van der Waals surface area contributed by atoms with Crippen LogP contribution in [0.25, 0.3) is 0 Å². The molecule has 3 aliphatic heterocycles. The molecule has 1 aromatic rings. The van der Waals surface area contributed by atoms with Crippen molar-refractivity contribution >= 4 is 18.3 Å². The van der Waals surface area contributed by atoms with Crippen molar-refractivity contribution in [3.05, 3.63) is 23.8 Å². The lowest BCUT2D eigenvalue weighted by Crippen LogP contribution is -2.43. The normalized spacial score (nSPS) is 31.3. The van der Waals surface area contributed by atoms with Crippen LogP contribution < -0.4 is 10.8 Å². The van der Waals surface area contributed by atoms with E-state index in [1.54, 1.807) is 0 Å². The molecule has 4 nitrogen and oxygen atoms in total. The molecule has 4 rings (SSSR count). The lowest BCUT2D eigenvalue weighted by atomic mass is 9.73. The minimum Gasteiger partial charge on any atom is -0.399 e. The van der Waals surface area contributed by atoms with Crippen molar-refractivity contribution < 1.29 is 9.31 Å². The molecule has 0 spiro atoms. The molecule has 3 heterocycles. The molecular formula is C19H29BN2O2. The molecule has 5 heteroatoms. The molecule has 130 valence electrons. The van der Waals surface area contributed by atoms with E-state index in [1.807, 2.05) is 0 Å². The van der Waals surface area contributed by atoms with Crippen LogP contribution in [-0.4, -0.2) is 49.9 Å². The zero-order valence-electron chi connectivity index (χ0n) is 15.6. The van der Waals surface area contributed by atoms with Gasteiger partial charge in [0.1, 0.15) is 0 Å². The third-order valence-electron chi connectivity index (χ3n) is 6.49. The molecule has 0 radical (unpaired) electrons. The van der Waals surface area contributed by atoms with Crippen LogP contribution in [0.5, 0.6) is 0 Å². The van der Waals surface area contributed by atoms with Crippen molar-refractivity contribution in [2.75, 3.05) is 32.0 Å². The molecule has 24 heavy (non-hydrogen) atoms. The van der Waals surface area contributed by atoms with E-state index < -0.39 is 0 Å². The quantitative estimate of drug-likeness (QED) is 0.803. The number of nitrogens with one attached hydrogen (secondary N) is 1. The standard InChI is InChI=1S/C19H29BN2O2/c1-18(2)19(3,4)24-20(23-18)14-6-7-16-15-8-9-22(5)12-13(15)11-21-17(16)10-14/h6-7,10,13,15,21H,8-9,11-12H2,1-5H3. The fourth-order valence-electron chi connectivity index (χ4n) is 4.25. The van der Waals surface area contributed by atoms with Gasteiger partial charge in [0.2, 0.25) is 0 Å². The molecule has 0 aromatic heterocycles.